The van der Waals surface area contributed by atoms with Crippen molar-refractivity contribution in [2.45, 2.75) is 0 Å². The fourth-order valence-electron chi connectivity index (χ4n) is 3.01. The van der Waals surface area contributed by atoms with Crippen molar-refractivity contribution in [3.63, 3.8) is 0 Å². The molecule has 2 heterocycles. The van der Waals surface area contributed by atoms with Crippen molar-refractivity contribution in [3.05, 3.63) is 48.0 Å². The van der Waals surface area contributed by atoms with Crippen molar-refractivity contribution in [3.8, 4) is 0 Å². The third-order valence-electron chi connectivity index (χ3n) is 4.54. The smallest absolute Gasteiger partial charge is 0.255 e. The number of anilines is 3. The molecule has 3 aromatic rings. The van der Waals surface area contributed by atoms with Crippen molar-refractivity contribution in [1.29, 1.82) is 0 Å². The van der Waals surface area contributed by atoms with Crippen LogP contribution in [0.3, 0.4) is 0 Å². The van der Waals surface area contributed by atoms with E-state index >= 15 is 0 Å². The minimum absolute atomic E-state index is 0.115. The van der Waals surface area contributed by atoms with Gasteiger partial charge in [-0.05, 0) is 36.4 Å². The predicted octanol–water partition coefficient (Wildman–Crippen LogP) is 3.45. The van der Waals surface area contributed by atoms with E-state index in [1.807, 2.05) is 61.5 Å². The molecule has 1 saturated heterocycles. The molecular formula is C20H22N4O2S. The highest BCUT2D eigenvalue weighted by Crippen LogP contribution is 2.31. The Bertz CT molecular complexity index is 964. The molecule has 140 valence electrons. The Morgan fingerprint density at radius 1 is 1.19 bits per heavy atom. The average Bonchev–Trinajstić information content (AvgIpc) is 3.12. The van der Waals surface area contributed by atoms with Crippen LogP contribution in [-0.2, 0) is 4.74 Å². The molecule has 2 aromatic carbocycles. The van der Waals surface area contributed by atoms with Gasteiger partial charge in [0, 0.05) is 44.1 Å². The number of fused-ring (bicyclic) bond motifs is 1. The van der Waals surface area contributed by atoms with Gasteiger partial charge in [-0.1, -0.05) is 17.4 Å². The molecule has 0 atom stereocenters. The molecule has 4 rings (SSSR count). The van der Waals surface area contributed by atoms with Gasteiger partial charge in [-0.3, -0.25) is 4.79 Å². The number of hydrogen-bond donors (Lipinski definition) is 1. The van der Waals surface area contributed by atoms with Crippen LogP contribution in [0.4, 0.5) is 16.5 Å². The number of hydrogen-bond acceptors (Lipinski definition) is 6. The number of ether oxygens (including phenoxy) is 1. The second-order valence-corrected chi connectivity index (χ2v) is 7.69. The Labute approximate surface area is 162 Å². The molecule has 1 amide bonds. The molecule has 7 heteroatoms. The second-order valence-electron chi connectivity index (χ2n) is 6.68. The molecule has 1 aromatic heterocycles. The lowest BCUT2D eigenvalue weighted by atomic mass is 10.1. The standard InChI is InChI=1S/C20H22N4O2S/c1-23(2)16-5-3-4-14(12-16)19(25)21-15-6-7-17-18(13-15)27-20(22-17)24-8-10-26-11-9-24/h3-7,12-13H,8-11H2,1-2H3,(H,21,25). The Hall–Kier alpha value is -2.64. The zero-order chi connectivity index (χ0) is 18.8. The third kappa shape index (κ3) is 3.89. The molecule has 0 radical (unpaired) electrons. The number of benzene rings is 2. The minimum atomic E-state index is -0.115. The zero-order valence-electron chi connectivity index (χ0n) is 15.4. The first-order valence-electron chi connectivity index (χ1n) is 8.92. The third-order valence-corrected chi connectivity index (χ3v) is 5.62. The van der Waals surface area contributed by atoms with Gasteiger partial charge in [-0.15, -0.1) is 0 Å². The van der Waals surface area contributed by atoms with Crippen LogP contribution in [0.2, 0.25) is 0 Å². The molecule has 0 aliphatic carbocycles. The summed E-state index contributed by atoms with van der Waals surface area (Å²) in [5, 5.41) is 4.00. The molecule has 6 nitrogen and oxygen atoms in total. The van der Waals surface area contributed by atoms with Crippen molar-refractivity contribution in [2.75, 3.05) is 55.5 Å². The molecule has 1 aliphatic heterocycles. The van der Waals surface area contributed by atoms with Crippen LogP contribution in [0.5, 0.6) is 0 Å². The summed E-state index contributed by atoms with van der Waals surface area (Å²) in [5.41, 5.74) is 3.37. The summed E-state index contributed by atoms with van der Waals surface area (Å²) in [6, 6.07) is 13.4. The van der Waals surface area contributed by atoms with Gasteiger partial charge in [-0.25, -0.2) is 4.98 Å². The number of thiazole rings is 1. The van der Waals surface area contributed by atoms with Gasteiger partial charge in [0.15, 0.2) is 5.13 Å². The Morgan fingerprint density at radius 2 is 2.00 bits per heavy atom. The van der Waals surface area contributed by atoms with Crippen LogP contribution >= 0.6 is 11.3 Å². The fourth-order valence-corrected chi connectivity index (χ4v) is 4.07. The van der Waals surface area contributed by atoms with E-state index in [1.165, 1.54) is 0 Å². The van der Waals surface area contributed by atoms with E-state index in [0.717, 1.165) is 53.0 Å². The second kappa shape index (κ2) is 7.54. The topological polar surface area (TPSA) is 57.7 Å². The molecule has 27 heavy (non-hydrogen) atoms. The van der Waals surface area contributed by atoms with E-state index < -0.39 is 0 Å². The molecule has 1 fully saturated rings. The monoisotopic (exact) mass is 382 g/mol. The fraction of sp³-hybridized carbons (Fsp3) is 0.300. The summed E-state index contributed by atoms with van der Waals surface area (Å²) in [6.07, 6.45) is 0. The Balaban J connectivity index is 1.53. The van der Waals surface area contributed by atoms with E-state index in [0.29, 0.717) is 5.56 Å². The lowest BCUT2D eigenvalue weighted by molar-refractivity contribution is 0.102. The average molecular weight is 382 g/mol. The molecule has 1 aliphatic rings. The highest BCUT2D eigenvalue weighted by atomic mass is 32.1. The highest BCUT2D eigenvalue weighted by Gasteiger charge is 2.16. The van der Waals surface area contributed by atoms with Crippen LogP contribution < -0.4 is 15.1 Å². The number of morpholine rings is 1. The molecular weight excluding hydrogens is 360 g/mol. The lowest BCUT2D eigenvalue weighted by Crippen LogP contribution is -2.36. The maximum absolute atomic E-state index is 12.6. The quantitative estimate of drug-likeness (QED) is 0.749. The summed E-state index contributed by atoms with van der Waals surface area (Å²) < 4.78 is 6.47. The van der Waals surface area contributed by atoms with Crippen molar-refractivity contribution in [2.24, 2.45) is 0 Å². The number of rotatable bonds is 4. The van der Waals surface area contributed by atoms with Gasteiger partial charge in [0.25, 0.3) is 5.91 Å². The number of aromatic nitrogens is 1. The van der Waals surface area contributed by atoms with Crippen molar-refractivity contribution in [1.82, 2.24) is 4.98 Å². The summed E-state index contributed by atoms with van der Waals surface area (Å²) in [5.74, 6) is -0.115. The molecule has 1 N–H and O–H groups in total. The van der Waals surface area contributed by atoms with Gasteiger partial charge in [0.05, 0.1) is 23.4 Å². The summed E-state index contributed by atoms with van der Waals surface area (Å²) >= 11 is 1.65. The van der Waals surface area contributed by atoms with Crippen LogP contribution in [0.25, 0.3) is 10.2 Å². The van der Waals surface area contributed by atoms with Crippen LogP contribution in [-0.4, -0.2) is 51.3 Å². The van der Waals surface area contributed by atoms with Gasteiger partial charge in [-0.2, -0.15) is 0 Å². The Kier molecular flexibility index (Phi) is 4.96. The maximum Gasteiger partial charge on any atom is 0.255 e. The maximum atomic E-state index is 12.6. The predicted molar refractivity (Wildman–Crippen MR) is 111 cm³/mol. The zero-order valence-corrected chi connectivity index (χ0v) is 16.3. The van der Waals surface area contributed by atoms with E-state index in [-0.39, 0.29) is 5.91 Å². The van der Waals surface area contributed by atoms with Gasteiger partial charge < -0.3 is 19.9 Å². The number of nitrogens with zero attached hydrogens (tertiary/aromatic N) is 3. The summed E-state index contributed by atoms with van der Waals surface area (Å²) in [4.78, 5) is 21.6. The van der Waals surface area contributed by atoms with Crippen LogP contribution in [0.1, 0.15) is 10.4 Å². The van der Waals surface area contributed by atoms with Gasteiger partial charge in [0.1, 0.15) is 0 Å². The molecule has 0 bridgehead atoms. The first kappa shape index (κ1) is 17.8. The normalized spacial score (nSPS) is 14.4. The molecule has 0 saturated carbocycles. The molecule has 0 spiro atoms. The van der Waals surface area contributed by atoms with Gasteiger partial charge >= 0.3 is 0 Å². The largest absolute Gasteiger partial charge is 0.378 e. The first-order chi connectivity index (χ1) is 13.1. The minimum Gasteiger partial charge on any atom is -0.378 e. The van der Waals surface area contributed by atoms with Crippen LogP contribution in [0.15, 0.2) is 42.5 Å². The Morgan fingerprint density at radius 3 is 2.78 bits per heavy atom. The lowest BCUT2D eigenvalue weighted by Gasteiger charge is -2.25. The number of carbonyl (C=O) groups is 1. The summed E-state index contributed by atoms with van der Waals surface area (Å²) in [6.45, 7) is 3.21. The SMILES string of the molecule is CN(C)c1cccc(C(=O)Nc2ccc3nc(N4CCOCC4)sc3c2)c1. The summed E-state index contributed by atoms with van der Waals surface area (Å²) in [7, 11) is 3.92. The van der Waals surface area contributed by atoms with E-state index in [2.05, 4.69) is 10.2 Å². The number of nitrogens with one attached hydrogen (secondary N) is 1. The van der Waals surface area contributed by atoms with Crippen molar-refractivity contribution >= 4 is 44.0 Å². The molecule has 0 unspecified atom stereocenters. The highest BCUT2D eigenvalue weighted by molar-refractivity contribution is 7.22. The first-order valence-corrected chi connectivity index (χ1v) is 9.74. The number of amides is 1. The number of carbonyl (C=O) groups excluding carboxylic acids is 1. The van der Waals surface area contributed by atoms with Crippen molar-refractivity contribution < 1.29 is 9.53 Å². The van der Waals surface area contributed by atoms with E-state index in [1.54, 1.807) is 11.3 Å². The van der Waals surface area contributed by atoms with Gasteiger partial charge in [0.2, 0.25) is 0 Å². The van der Waals surface area contributed by atoms with Crippen LogP contribution in [0, 0.1) is 0 Å². The van der Waals surface area contributed by atoms with E-state index in [4.69, 9.17) is 9.72 Å². The van der Waals surface area contributed by atoms with E-state index in [9.17, 15) is 4.79 Å².